The van der Waals surface area contributed by atoms with E-state index in [2.05, 4.69) is 10.2 Å². The van der Waals surface area contributed by atoms with Crippen molar-refractivity contribution in [3.05, 3.63) is 65.4 Å². The van der Waals surface area contributed by atoms with Gasteiger partial charge in [0.1, 0.15) is 17.3 Å². The normalized spacial score (nSPS) is 16.7. The van der Waals surface area contributed by atoms with Crippen LogP contribution in [0.4, 0.5) is 4.39 Å². The average molecular weight is 358 g/mol. The van der Waals surface area contributed by atoms with E-state index in [4.69, 9.17) is 9.15 Å². The van der Waals surface area contributed by atoms with Crippen molar-refractivity contribution in [2.24, 2.45) is 0 Å². The molecule has 1 fully saturated rings. The minimum atomic E-state index is -0.298. The summed E-state index contributed by atoms with van der Waals surface area (Å²) in [6.07, 6.45) is 3.12. The van der Waals surface area contributed by atoms with Crippen molar-refractivity contribution < 1.29 is 18.3 Å². The Kier molecular flexibility index (Phi) is 6.20. The van der Waals surface area contributed by atoms with E-state index in [0.717, 1.165) is 30.2 Å². The van der Waals surface area contributed by atoms with Crippen molar-refractivity contribution >= 4 is 12.0 Å². The van der Waals surface area contributed by atoms with Gasteiger partial charge in [-0.05, 0) is 42.8 Å². The van der Waals surface area contributed by atoms with Crippen molar-refractivity contribution in [3.8, 4) is 0 Å². The van der Waals surface area contributed by atoms with Crippen molar-refractivity contribution in [1.29, 1.82) is 0 Å². The van der Waals surface area contributed by atoms with Gasteiger partial charge in [-0.15, -0.1) is 0 Å². The van der Waals surface area contributed by atoms with Crippen LogP contribution in [0.25, 0.3) is 6.08 Å². The van der Waals surface area contributed by atoms with Gasteiger partial charge in [-0.3, -0.25) is 9.69 Å². The van der Waals surface area contributed by atoms with E-state index in [-0.39, 0.29) is 17.8 Å². The van der Waals surface area contributed by atoms with Crippen LogP contribution in [-0.4, -0.2) is 43.7 Å². The molecule has 1 aromatic carbocycles. The minimum absolute atomic E-state index is 0.0317. The number of carbonyl (C=O) groups is 1. The Balaban J connectivity index is 1.61. The molecule has 0 aliphatic carbocycles. The molecule has 2 heterocycles. The van der Waals surface area contributed by atoms with Crippen LogP contribution in [0.1, 0.15) is 23.1 Å². The first kappa shape index (κ1) is 18.4. The first-order chi connectivity index (χ1) is 12.6. The van der Waals surface area contributed by atoms with Crippen molar-refractivity contribution in [2.45, 2.75) is 13.0 Å². The van der Waals surface area contributed by atoms with Crippen LogP contribution in [0.2, 0.25) is 0 Å². The lowest BCUT2D eigenvalue weighted by Gasteiger charge is -2.33. The molecule has 1 amide bonds. The Morgan fingerprint density at radius 2 is 1.96 bits per heavy atom. The largest absolute Gasteiger partial charge is 0.465 e. The van der Waals surface area contributed by atoms with E-state index < -0.39 is 0 Å². The molecule has 1 unspecified atom stereocenters. The molecular formula is C20H23FN2O3. The lowest BCUT2D eigenvalue weighted by Crippen LogP contribution is -2.43. The zero-order chi connectivity index (χ0) is 18.4. The molecule has 1 aliphatic heterocycles. The van der Waals surface area contributed by atoms with Crippen LogP contribution >= 0.6 is 0 Å². The number of amides is 1. The first-order valence-corrected chi connectivity index (χ1v) is 8.71. The van der Waals surface area contributed by atoms with E-state index >= 15 is 0 Å². The SMILES string of the molecule is Cc1ccc(C(CNC(=O)/C=C/c2ccc(F)cc2)N2CCOCC2)o1. The Bertz CT molecular complexity index is 749. The molecule has 1 aromatic heterocycles. The van der Waals surface area contributed by atoms with Crippen LogP contribution in [0.15, 0.2) is 46.9 Å². The molecule has 1 atom stereocenters. The standard InChI is InChI=1S/C20H23FN2O3/c1-15-2-8-19(26-15)18(23-10-12-25-13-11-23)14-22-20(24)9-5-16-3-6-17(21)7-4-16/h2-9,18H,10-14H2,1H3,(H,22,24)/b9-5+. The summed E-state index contributed by atoms with van der Waals surface area (Å²) in [5.74, 6) is 1.19. The van der Waals surface area contributed by atoms with E-state index in [9.17, 15) is 9.18 Å². The molecule has 3 rings (SSSR count). The molecule has 6 heteroatoms. The highest BCUT2D eigenvalue weighted by Gasteiger charge is 2.25. The van der Waals surface area contributed by atoms with Gasteiger partial charge >= 0.3 is 0 Å². The van der Waals surface area contributed by atoms with Crippen molar-refractivity contribution in [1.82, 2.24) is 10.2 Å². The highest BCUT2D eigenvalue weighted by molar-refractivity contribution is 5.91. The summed E-state index contributed by atoms with van der Waals surface area (Å²) >= 11 is 0. The molecule has 26 heavy (non-hydrogen) atoms. The van der Waals surface area contributed by atoms with Crippen LogP contribution in [0.3, 0.4) is 0 Å². The Hall–Kier alpha value is -2.44. The summed E-state index contributed by atoms with van der Waals surface area (Å²) in [4.78, 5) is 14.4. The topological polar surface area (TPSA) is 54.7 Å². The number of ether oxygens (including phenoxy) is 1. The number of nitrogens with one attached hydrogen (secondary N) is 1. The predicted octanol–water partition coefficient (Wildman–Crippen LogP) is 2.93. The first-order valence-electron chi connectivity index (χ1n) is 8.71. The number of furan rings is 1. The quantitative estimate of drug-likeness (QED) is 0.807. The van der Waals surface area contributed by atoms with Crippen LogP contribution in [0, 0.1) is 12.7 Å². The van der Waals surface area contributed by atoms with Gasteiger partial charge in [-0.25, -0.2) is 4.39 Å². The molecule has 1 saturated heterocycles. The summed E-state index contributed by atoms with van der Waals surface area (Å²) in [6, 6.07) is 9.84. The van der Waals surface area contributed by atoms with Gasteiger partial charge in [0.25, 0.3) is 0 Å². The second-order valence-electron chi connectivity index (χ2n) is 6.24. The maximum Gasteiger partial charge on any atom is 0.244 e. The molecule has 0 saturated carbocycles. The van der Waals surface area contributed by atoms with Crippen molar-refractivity contribution in [2.75, 3.05) is 32.8 Å². The van der Waals surface area contributed by atoms with E-state index in [1.807, 2.05) is 19.1 Å². The lowest BCUT2D eigenvalue weighted by atomic mass is 10.1. The molecule has 0 spiro atoms. The third kappa shape index (κ3) is 5.03. The molecular weight excluding hydrogens is 335 g/mol. The van der Waals surface area contributed by atoms with Gasteiger partial charge in [0, 0.05) is 25.7 Å². The molecule has 1 aliphatic rings. The number of rotatable bonds is 6. The molecule has 5 nitrogen and oxygen atoms in total. The molecule has 138 valence electrons. The maximum absolute atomic E-state index is 12.9. The number of morpholine rings is 1. The smallest absolute Gasteiger partial charge is 0.244 e. The van der Waals surface area contributed by atoms with Crippen LogP contribution in [-0.2, 0) is 9.53 Å². The number of hydrogen-bond donors (Lipinski definition) is 1. The molecule has 2 aromatic rings. The van der Waals surface area contributed by atoms with Crippen molar-refractivity contribution in [3.63, 3.8) is 0 Å². The summed E-state index contributed by atoms with van der Waals surface area (Å²) in [7, 11) is 0. The third-order valence-electron chi connectivity index (χ3n) is 4.34. The molecule has 0 bridgehead atoms. The van der Waals surface area contributed by atoms with E-state index in [1.165, 1.54) is 18.2 Å². The van der Waals surface area contributed by atoms with Gasteiger partial charge in [0.05, 0.1) is 19.3 Å². The van der Waals surface area contributed by atoms with Gasteiger partial charge < -0.3 is 14.5 Å². The highest BCUT2D eigenvalue weighted by atomic mass is 19.1. The second kappa shape index (κ2) is 8.78. The average Bonchev–Trinajstić information content (AvgIpc) is 3.08. The highest BCUT2D eigenvalue weighted by Crippen LogP contribution is 2.23. The van der Waals surface area contributed by atoms with E-state index in [0.29, 0.717) is 19.8 Å². The number of benzene rings is 1. The summed E-state index contributed by atoms with van der Waals surface area (Å²) in [6.45, 7) is 5.30. The summed E-state index contributed by atoms with van der Waals surface area (Å²) < 4.78 is 24.1. The zero-order valence-corrected chi connectivity index (χ0v) is 14.8. The summed E-state index contributed by atoms with van der Waals surface area (Å²) in [5.41, 5.74) is 0.771. The second-order valence-corrected chi connectivity index (χ2v) is 6.24. The minimum Gasteiger partial charge on any atom is -0.465 e. The van der Waals surface area contributed by atoms with Crippen LogP contribution in [0.5, 0.6) is 0 Å². The lowest BCUT2D eigenvalue weighted by molar-refractivity contribution is -0.116. The number of halogens is 1. The zero-order valence-electron chi connectivity index (χ0n) is 14.8. The fraction of sp³-hybridized carbons (Fsp3) is 0.350. The number of carbonyl (C=O) groups excluding carboxylic acids is 1. The third-order valence-corrected chi connectivity index (χ3v) is 4.34. The summed E-state index contributed by atoms with van der Waals surface area (Å²) in [5, 5.41) is 2.93. The number of nitrogens with zero attached hydrogens (tertiary/aromatic N) is 1. The Labute approximate surface area is 152 Å². The van der Waals surface area contributed by atoms with Gasteiger partial charge in [-0.1, -0.05) is 12.1 Å². The number of hydrogen-bond acceptors (Lipinski definition) is 4. The van der Waals surface area contributed by atoms with Gasteiger partial charge in [0.15, 0.2) is 0 Å². The molecule has 1 N–H and O–H groups in total. The Morgan fingerprint density at radius 3 is 2.62 bits per heavy atom. The maximum atomic E-state index is 12.9. The monoisotopic (exact) mass is 358 g/mol. The van der Waals surface area contributed by atoms with E-state index in [1.54, 1.807) is 18.2 Å². The fourth-order valence-corrected chi connectivity index (χ4v) is 2.93. The van der Waals surface area contributed by atoms with Crippen LogP contribution < -0.4 is 5.32 Å². The van der Waals surface area contributed by atoms with Gasteiger partial charge in [-0.2, -0.15) is 0 Å². The predicted molar refractivity (Wildman–Crippen MR) is 97.0 cm³/mol. The Morgan fingerprint density at radius 1 is 1.23 bits per heavy atom. The molecule has 0 radical (unpaired) electrons. The number of aryl methyl sites for hydroxylation is 1. The fourth-order valence-electron chi connectivity index (χ4n) is 2.93. The van der Waals surface area contributed by atoms with Gasteiger partial charge in [0.2, 0.25) is 5.91 Å².